The molecular weight excluding hydrogens is 319 g/mol. The van der Waals surface area contributed by atoms with Gasteiger partial charge in [-0.1, -0.05) is 19.1 Å². The van der Waals surface area contributed by atoms with Gasteiger partial charge in [-0.25, -0.2) is 0 Å². The number of hydrogen-bond donors (Lipinski definition) is 1. The third-order valence-electron chi connectivity index (χ3n) is 3.63. The number of benzene rings is 2. The lowest BCUT2D eigenvalue weighted by molar-refractivity contribution is -0.137. The molecule has 2 aromatic rings. The molecule has 0 aliphatic carbocycles. The van der Waals surface area contributed by atoms with Crippen molar-refractivity contribution in [2.24, 2.45) is 5.92 Å². The number of methoxy groups -OCH3 is 1. The summed E-state index contributed by atoms with van der Waals surface area (Å²) in [5.74, 6) is 0.120. The minimum Gasteiger partial charge on any atom is -0.497 e. The lowest BCUT2D eigenvalue weighted by Gasteiger charge is -2.13. The molecule has 0 bridgehead atoms. The molecule has 0 saturated heterocycles. The molecule has 128 valence electrons. The van der Waals surface area contributed by atoms with Crippen molar-refractivity contribution in [3.05, 3.63) is 59.7 Å². The van der Waals surface area contributed by atoms with Gasteiger partial charge in [0.15, 0.2) is 0 Å². The van der Waals surface area contributed by atoms with Crippen LogP contribution in [0.15, 0.2) is 48.5 Å². The molecule has 0 spiro atoms. The van der Waals surface area contributed by atoms with Crippen molar-refractivity contribution in [3.8, 4) is 5.75 Å². The van der Waals surface area contributed by atoms with E-state index in [2.05, 4.69) is 5.32 Å². The molecule has 3 nitrogen and oxygen atoms in total. The number of halogens is 3. The van der Waals surface area contributed by atoms with E-state index in [1.165, 1.54) is 12.1 Å². The van der Waals surface area contributed by atoms with E-state index in [9.17, 15) is 18.0 Å². The summed E-state index contributed by atoms with van der Waals surface area (Å²) < 4.78 is 42.6. The van der Waals surface area contributed by atoms with Gasteiger partial charge >= 0.3 is 6.18 Å². The summed E-state index contributed by atoms with van der Waals surface area (Å²) in [5, 5.41) is 2.77. The Hall–Kier alpha value is -2.50. The second-order valence-corrected chi connectivity index (χ2v) is 5.52. The molecule has 0 aliphatic heterocycles. The number of rotatable bonds is 5. The highest BCUT2D eigenvalue weighted by molar-refractivity contribution is 5.92. The molecule has 1 atom stereocenters. The van der Waals surface area contributed by atoms with Crippen LogP contribution in [0.5, 0.6) is 5.75 Å². The Bertz CT molecular complexity index is 679. The zero-order chi connectivity index (χ0) is 17.7. The molecule has 6 heteroatoms. The van der Waals surface area contributed by atoms with Gasteiger partial charge in [-0.15, -0.1) is 0 Å². The molecule has 2 rings (SSSR count). The van der Waals surface area contributed by atoms with E-state index >= 15 is 0 Å². The van der Waals surface area contributed by atoms with Crippen LogP contribution in [0.4, 0.5) is 18.9 Å². The van der Waals surface area contributed by atoms with E-state index in [4.69, 9.17) is 4.74 Å². The fourth-order valence-electron chi connectivity index (χ4n) is 2.22. The van der Waals surface area contributed by atoms with Crippen molar-refractivity contribution < 1.29 is 22.7 Å². The first-order chi connectivity index (χ1) is 11.3. The fourth-order valence-corrected chi connectivity index (χ4v) is 2.22. The van der Waals surface area contributed by atoms with Crippen molar-refractivity contribution in [2.75, 3.05) is 12.4 Å². The minimum absolute atomic E-state index is 0.194. The van der Waals surface area contributed by atoms with E-state index in [1.54, 1.807) is 38.3 Å². The molecule has 0 fully saturated rings. The van der Waals surface area contributed by atoms with Crippen molar-refractivity contribution in [1.29, 1.82) is 0 Å². The molecule has 0 radical (unpaired) electrons. The number of carbonyl (C=O) groups is 1. The van der Waals surface area contributed by atoms with Gasteiger partial charge in [-0.05, 0) is 48.4 Å². The van der Waals surface area contributed by atoms with Crippen LogP contribution < -0.4 is 10.1 Å². The number of ether oxygens (including phenoxy) is 1. The van der Waals surface area contributed by atoms with Gasteiger partial charge in [0.05, 0.1) is 12.7 Å². The van der Waals surface area contributed by atoms with Crippen LogP contribution in [0.1, 0.15) is 18.1 Å². The highest BCUT2D eigenvalue weighted by Crippen LogP contribution is 2.29. The fraction of sp³-hybridized carbons (Fsp3) is 0.278. The van der Waals surface area contributed by atoms with E-state index in [1.807, 2.05) is 0 Å². The summed E-state index contributed by atoms with van der Waals surface area (Å²) in [5.41, 5.74) is 0.627. The lowest BCUT2D eigenvalue weighted by atomic mass is 9.99. The number of carbonyl (C=O) groups excluding carboxylic acids is 1. The quantitative estimate of drug-likeness (QED) is 0.870. The molecule has 0 heterocycles. The van der Waals surface area contributed by atoms with E-state index in [0.717, 1.165) is 12.1 Å². The zero-order valence-corrected chi connectivity index (χ0v) is 13.4. The summed E-state index contributed by atoms with van der Waals surface area (Å²) in [6.45, 7) is 1.73. The molecular formula is C18H18F3NO2. The van der Waals surface area contributed by atoms with Crippen molar-refractivity contribution in [3.63, 3.8) is 0 Å². The maximum absolute atomic E-state index is 12.5. The Labute approximate surface area is 138 Å². The molecule has 1 amide bonds. The van der Waals surface area contributed by atoms with Gasteiger partial charge < -0.3 is 10.1 Å². The number of alkyl halides is 3. The second-order valence-electron chi connectivity index (χ2n) is 5.52. The van der Waals surface area contributed by atoms with Gasteiger partial charge in [0, 0.05) is 11.6 Å². The molecule has 2 aromatic carbocycles. The summed E-state index contributed by atoms with van der Waals surface area (Å²) in [6.07, 6.45) is -3.99. The summed E-state index contributed by atoms with van der Waals surface area (Å²) in [7, 11) is 1.56. The van der Waals surface area contributed by atoms with Gasteiger partial charge in [0.25, 0.3) is 0 Å². The second kappa shape index (κ2) is 7.38. The zero-order valence-electron chi connectivity index (χ0n) is 13.4. The van der Waals surface area contributed by atoms with Crippen LogP contribution in [0.25, 0.3) is 0 Å². The van der Waals surface area contributed by atoms with Crippen LogP contribution >= 0.6 is 0 Å². The van der Waals surface area contributed by atoms with E-state index in [-0.39, 0.29) is 11.8 Å². The van der Waals surface area contributed by atoms with Crippen LogP contribution in [0, 0.1) is 5.92 Å². The minimum atomic E-state index is -4.35. The standard InChI is InChI=1S/C18H18F3NO2/c1-12(11-13-3-5-14(6-4-13)18(19,20)21)17(23)22-15-7-9-16(24-2)10-8-15/h3-10,12H,11H2,1-2H3,(H,22,23). The predicted molar refractivity (Wildman–Crippen MR) is 85.9 cm³/mol. The van der Waals surface area contributed by atoms with E-state index < -0.39 is 11.7 Å². The van der Waals surface area contributed by atoms with Crippen molar-refractivity contribution in [2.45, 2.75) is 19.5 Å². The molecule has 0 aliphatic rings. The third-order valence-corrected chi connectivity index (χ3v) is 3.63. The number of hydrogen-bond acceptors (Lipinski definition) is 2. The molecule has 0 saturated carbocycles. The summed E-state index contributed by atoms with van der Waals surface area (Å²) >= 11 is 0. The Balaban J connectivity index is 1.95. The van der Waals surface area contributed by atoms with Gasteiger partial charge in [0.2, 0.25) is 5.91 Å². The predicted octanol–water partition coefficient (Wildman–Crippen LogP) is 4.53. The number of anilines is 1. The summed E-state index contributed by atoms with van der Waals surface area (Å²) in [6, 6.07) is 11.8. The van der Waals surface area contributed by atoms with E-state index in [0.29, 0.717) is 23.4 Å². The van der Waals surface area contributed by atoms with Crippen LogP contribution in [0.3, 0.4) is 0 Å². The SMILES string of the molecule is COc1ccc(NC(=O)C(C)Cc2ccc(C(F)(F)F)cc2)cc1. The first kappa shape index (κ1) is 17.8. The smallest absolute Gasteiger partial charge is 0.416 e. The average Bonchev–Trinajstić information content (AvgIpc) is 2.55. The average molecular weight is 337 g/mol. The summed E-state index contributed by atoms with van der Waals surface area (Å²) in [4.78, 5) is 12.2. The molecule has 24 heavy (non-hydrogen) atoms. The number of nitrogens with one attached hydrogen (secondary N) is 1. The monoisotopic (exact) mass is 337 g/mol. The maximum atomic E-state index is 12.5. The topological polar surface area (TPSA) is 38.3 Å². The Kier molecular flexibility index (Phi) is 5.49. The van der Waals surface area contributed by atoms with Crippen LogP contribution in [-0.4, -0.2) is 13.0 Å². The third kappa shape index (κ3) is 4.75. The Morgan fingerprint density at radius 1 is 1.08 bits per heavy atom. The van der Waals surface area contributed by atoms with Crippen molar-refractivity contribution >= 4 is 11.6 Å². The first-order valence-corrected chi connectivity index (χ1v) is 7.40. The van der Waals surface area contributed by atoms with Gasteiger partial charge in [0.1, 0.15) is 5.75 Å². The Morgan fingerprint density at radius 2 is 1.67 bits per heavy atom. The molecule has 1 N–H and O–H groups in total. The normalized spacial score (nSPS) is 12.5. The largest absolute Gasteiger partial charge is 0.497 e. The maximum Gasteiger partial charge on any atom is 0.416 e. The van der Waals surface area contributed by atoms with Crippen molar-refractivity contribution in [1.82, 2.24) is 0 Å². The first-order valence-electron chi connectivity index (χ1n) is 7.40. The highest BCUT2D eigenvalue weighted by atomic mass is 19.4. The van der Waals surface area contributed by atoms with Gasteiger partial charge in [-0.2, -0.15) is 13.2 Å². The lowest BCUT2D eigenvalue weighted by Crippen LogP contribution is -2.22. The van der Waals surface area contributed by atoms with Gasteiger partial charge in [-0.3, -0.25) is 4.79 Å². The van der Waals surface area contributed by atoms with Crippen LogP contribution in [-0.2, 0) is 17.4 Å². The molecule has 0 aromatic heterocycles. The highest BCUT2D eigenvalue weighted by Gasteiger charge is 2.30. The number of amides is 1. The Morgan fingerprint density at radius 3 is 2.17 bits per heavy atom. The molecule has 1 unspecified atom stereocenters. The van der Waals surface area contributed by atoms with Crippen LogP contribution in [0.2, 0.25) is 0 Å².